The van der Waals surface area contributed by atoms with Gasteiger partial charge in [-0.3, -0.25) is 0 Å². The Bertz CT molecular complexity index is 626. The molecule has 2 unspecified atom stereocenters. The van der Waals surface area contributed by atoms with Gasteiger partial charge >= 0.3 is 5.97 Å². The summed E-state index contributed by atoms with van der Waals surface area (Å²) in [5.41, 5.74) is 2.52. The first-order valence-corrected chi connectivity index (χ1v) is 8.36. The number of aliphatic hydroxyl groups is 2. The fourth-order valence-corrected chi connectivity index (χ4v) is 5.37. The Morgan fingerprint density at radius 2 is 2.04 bits per heavy atom. The number of carbonyl (C=O) groups excluding carboxylic acids is 1. The van der Waals surface area contributed by atoms with E-state index in [2.05, 4.69) is 13.8 Å². The van der Waals surface area contributed by atoms with Gasteiger partial charge in [0.15, 0.2) is 0 Å². The van der Waals surface area contributed by atoms with E-state index in [0.717, 1.165) is 24.8 Å². The van der Waals surface area contributed by atoms with Crippen LogP contribution >= 0.6 is 0 Å². The smallest absolute Gasteiger partial charge is 0.337 e. The molecular weight excluding hydrogens is 292 g/mol. The molecule has 1 aromatic rings. The maximum atomic E-state index is 11.9. The number of carbonyl (C=O) groups is 1. The minimum absolute atomic E-state index is 0.0352. The van der Waals surface area contributed by atoms with Crippen LogP contribution in [0.25, 0.3) is 0 Å². The number of methoxy groups -OCH3 is 1. The van der Waals surface area contributed by atoms with Crippen molar-refractivity contribution in [3.8, 4) is 0 Å². The van der Waals surface area contributed by atoms with Gasteiger partial charge in [0, 0.05) is 12.5 Å². The van der Waals surface area contributed by atoms with Crippen molar-refractivity contribution in [2.75, 3.05) is 20.3 Å². The quantitative estimate of drug-likeness (QED) is 0.841. The van der Waals surface area contributed by atoms with Gasteiger partial charge < -0.3 is 14.9 Å². The molecule has 3 rings (SSSR count). The second kappa shape index (κ2) is 5.60. The molecule has 0 aliphatic heterocycles. The van der Waals surface area contributed by atoms with Crippen molar-refractivity contribution >= 4 is 5.97 Å². The maximum absolute atomic E-state index is 11.9. The second-order valence-corrected chi connectivity index (χ2v) is 7.64. The van der Waals surface area contributed by atoms with Gasteiger partial charge in [0.05, 0.1) is 19.3 Å². The van der Waals surface area contributed by atoms with E-state index in [-0.39, 0.29) is 41.8 Å². The number of fused-ring (bicyclic) bond motifs is 3. The molecule has 23 heavy (non-hydrogen) atoms. The van der Waals surface area contributed by atoms with Crippen LogP contribution in [-0.4, -0.2) is 36.5 Å². The lowest BCUT2D eigenvalue weighted by molar-refractivity contribution is -0.0211. The first kappa shape index (κ1) is 16.5. The SMILES string of the molecule is COC(=O)c1ccc2c(c1)C(CO)C1[C@](C)(CO)CCC[C@@]21C. The molecule has 0 saturated heterocycles. The van der Waals surface area contributed by atoms with Gasteiger partial charge in [0.1, 0.15) is 0 Å². The maximum Gasteiger partial charge on any atom is 0.337 e. The largest absolute Gasteiger partial charge is 0.465 e. The van der Waals surface area contributed by atoms with Crippen LogP contribution in [0.1, 0.15) is 60.5 Å². The molecule has 1 saturated carbocycles. The number of ether oxygens (including phenoxy) is 1. The Morgan fingerprint density at radius 1 is 1.30 bits per heavy atom. The zero-order chi connectivity index (χ0) is 16.8. The summed E-state index contributed by atoms with van der Waals surface area (Å²) in [6, 6.07) is 5.72. The Morgan fingerprint density at radius 3 is 2.65 bits per heavy atom. The van der Waals surface area contributed by atoms with Gasteiger partial charge in [-0.2, -0.15) is 0 Å². The van der Waals surface area contributed by atoms with Crippen LogP contribution in [0.5, 0.6) is 0 Å². The molecule has 1 fully saturated rings. The average Bonchev–Trinajstić information content (AvgIpc) is 2.83. The molecule has 0 aromatic heterocycles. The lowest BCUT2D eigenvalue weighted by atomic mass is 9.54. The minimum atomic E-state index is -0.352. The van der Waals surface area contributed by atoms with Crippen molar-refractivity contribution in [3.63, 3.8) is 0 Å². The molecule has 0 heterocycles. The Hall–Kier alpha value is -1.39. The number of hydrogen-bond donors (Lipinski definition) is 2. The second-order valence-electron chi connectivity index (χ2n) is 7.64. The van der Waals surface area contributed by atoms with Gasteiger partial charge in [0.25, 0.3) is 0 Å². The third-order valence-corrected chi connectivity index (χ3v) is 6.33. The summed E-state index contributed by atoms with van der Waals surface area (Å²) in [7, 11) is 1.38. The summed E-state index contributed by atoms with van der Waals surface area (Å²) in [4.78, 5) is 11.9. The summed E-state index contributed by atoms with van der Waals surface area (Å²) in [5, 5.41) is 20.1. The topological polar surface area (TPSA) is 66.8 Å². The zero-order valence-electron chi connectivity index (χ0n) is 14.1. The van der Waals surface area contributed by atoms with Crippen LogP contribution in [0, 0.1) is 11.3 Å². The number of rotatable bonds is 3. The highest BCUT2D eigenvalue weighted by atomic mass is 16.5. The van der Waals surface area contributed by atoms with Gasteiger partial charge in [0.2, 0.25) is 0 Å². The highest BCUT2D eigenvalue weighted by Crippen LogP contribution is 2.63. The summed E-state index contributed by atoms with van der Waals surface area (Å²) in [6.45, 7) is 4.54. The van der Waals surface area contributed by atoms with Crippen LogP contribution in [0.2, 0.25) is 0 Å². The van der Waals surface area contributed by atoms with Gasteiger partial charge in [-0.05, 0) is 52.8 Å². The van der Waals surface area contributed by atoms with E-state index in [1.165, 1.54) is 12.7 Å². The lowest BCUT2D eigenvalue weighted by Crippen LogP contribution is -2.47. The normalized spacial score (nSPS) is 35.5. The predicted molar refractivity (Wildman–Crippen MR) is 87.5 cm³/mol. The fourth-order valence-electron chi connectivity index (χ4n) is 5.37. The first-order valence-electron chi connectivity index (χ1n) is 8.36. The monoisotopic (exact) mass is 318 g/mol. The standard InChI is InChI=1S/C19H26O4/c1-18(11-21)7-4-8-19(2)15-6-5-12(17(22)23-3)9-13(15)14(10-20)16(18)19/h5-6,9,14,16,20-21H,4,7-8,10-11H2,1-3H3/t14?,16?,18-,19-/m0/s1. The number of benzene rings is 1. The molecule has 0 spiro atoms. The van der Waals surface area contributed by atoms with Gasteiger partial charge in [-0.1, -0.05) is 26.3 Å². The van der Waals surface area contributed by atoms with Crippen molar-refractivity contribution in [2.24, 2.45) is 11.3 Å². The molecule has 4 atom stereocenters. The van der Waals surface area contributed by atoms with E-state index < -0.39 is 0 Å². The van der Waals surface area contributed by atoms with Crippen LogP contribution in [0.4, 0.5) is 0 Å². The van der Waals surface area contributed by atoms with E-state index in [4.69, 9.17) is 4.74 Å². The van der Waals surface area contributed by atoms with E-state index in [1.807, 2.05) is 18.2 Å². The van der Waals surface area contributed by atoms with Crippen molar-refractivity contribution in [1.82, 2.24) is 0 Å². The molecule has 0 radical (unpaired) electrons. The number of hydrogen-bond acceptors (Lipinski definition) is 4. The molecule has 0 amide bonds. The zero-order valence-corrected chi connectivity index (χ0v) is 14.1. The third-order valence-electron chi connectivity index (χ3n) is 6.33. The number of aliphatic hydroxyl groups excluding tert-OH is 2. The molecule has 4 heteroatoms. The molecule has 0 bridgehead atoms. The van der Waals surface area contributed by atoms with Crippen LogP contribution in [0.15, 0.2) is 18.2 Å². The summed E-state index contributed by atoms with van der Waals surface area (Å²) < 4.78 is 4.83. The third kappa shape index (κ3) is 2.23. The molecule has 1 aromatic carbocycles. The van der Waals surface area contributed by atoms with E-state index in [0.29, 0.717) is 5.56 Å². The molecule has 2 aliphatic carbocycles. The Kier molecular flexibility index (Phi) is 4.01. The predicted octanol–water partition coefficient (Wildman–Crippen LogP) is 2.62. The molecular formula is C19H26O4. The minimum Gasteiger partial charge on any atom is -0.465 e. The molecule has 126 valence electrons. The van der Waals surface area contributed by atoms with Gasteiger partial charge in [-0.25, -0.2) is 4.79 Å². The van der Waals surface area contributed by atoms with Crippen LogP contribution in [0.3, 0.4) is 0 Å². The first-order chi connectivity index (χ1) is 10.9. The molecule has 2 N–H and O–H groups in total. The van der Waals surface area contributed by atoms with Gasteiger partial charge in [-0.15, -0.1) is 0 Å². The average molecular weight is 318 g/mol. The van der Waals surface area contributed by atoms with E-state index in [1.54, 1.807) is 0 Å². The van der Waals surface area contributed by atoms with Crippen LogP contribution in [-0.2, 0) is 10.2 Å². The van der Waals surface area contributed by atoms with E-state index in [9.17, 15) is 15.0 Å². The van der Waals surface area contributed by atoms with Crippen molar-refractivity contribution in [1.29, 1.82) is 0 Å². The fraction of sp³-hybridized carbons (Fsp3) is 0.632. The van der Waals surface area contributed by atoms with Crippen molar-refractivity contribution in [3.05, 3.63) is 34.9 Å². The number of esters is 1. The highest BCUT2D eigenvalue weighted by Gasteiger charge is 2.57. The lowest BCUT2D eigenvalue weighted by Gasteiger charge is -2.50. The molecule has 4 nitrogen and oxygen atoms in total. The highest BCUT2D eigenvalue weighted by molar-refractivity contribution is 5.89. The summed E-state index contributed by atoms with van der Waals surface area (Å²) in [6.07, 6.45) is 3.09. The molecule has 2 aliphatic rings. The Balaban J connectivity index is 2.15. The van der Waals surface area contributed by atoms with Crippen LogP contribution < -0.4 is 0 Å². The van der Waals surface area contributed by atoms with Crippen molar-refractivity contribution in [2.45, 2.75) is 44.4 Å². The summed E-state index contributed by atoms with van der Waals surface area (Å²) in [5.74, 6) is -0.215. The summed E-state index contributed by atoms with van der Waals surface area (Å²) >= 11 is 0. The van der Waals surface area contributed by atoms with Crippen molar-refractivity contribution < 1.29 is 19.7 Å². The van der Waals surface area contributed by atoms with E-state index >= 15 is 0 Å². The Labute approximate surface area is 137 Å².